The Morgan fingerprint density at radius 3 is 2.46 bits per heavy atom. The van der Waals surface area contributed by atoms with E-state index in [1.165, 1.54) is 11.1 Å². The fourth-order valence-electron chi connectivity index (χ4n) is 6.40. The fraction of sp³-hybridized carbons (Fsp3) is 0.500. The highest BCUT2D eigenvalue weighted by atomic mass is 19.1. The van der Waals surface area contributed by atoms with Gasteiger partial charge in [0.05, 0.1) is 14.2 Å². The molecule has 0 saturated carbocycles. The lowest BCUT2D eigenvalue weighted by Crippen LogP contribution is -2.44. The van der Waals surface area contributed by atoms with Gasteiger partial charge in [0.2, 0.25) is 0 Å². The van der Waals surface area contributed by atoms with Crippen molar-refractivity contribution >= 4 is 0 Å². The van der Waals surface area contributed by atoms with Crippen LogP contribution in [0.5, 0.6) is 11.5 Å². The third-order valence-electron chi connectivity index (χ3n) is 8.53. The number of rotatable bonds is 9. The second kappa shape index (κ2) is 12.4. The van der Waals surface area contributed by atoms with E-state index in [9.17, 15) is 5.11 Å². The molecule has 3 atom stereocenters. The molecule has 2 unspecified atom stereocenters. The number of aryl methyl sites for hydroxylation is 1. The van der Waals surface area contributed by atoms with E-state index in [2.05, 4.69) is 35.4 Å². The van der Waals surface area contributed by atoms with Gasteiger partial charge in [-0.3, -0.25) is 4.90 Å². The van der Waals surface area contributed by atoms with Crippen molar-refractivity contribution in [3.05, 3.63) is 82.6 Å². The molecule has 0 aromatic heterocycles. The van der Waals surface area contributed by atoms with Gasteiger partial charge in [-0.1, -0.05) is 19.1 Å². The molecule has 0 spiro atoms. The molecule has 0 amide bonds. The molecule has 1 aliphatic heterocycles. The third-order valence-corrected chi connectivity index (χ3v) is 8.53. The van der Waals surface area contributed by atoms with Crippen LogP contribution >= 0.6 is 0 Å². The van der Waals surface area contributed by atoms with E-state index in [-0.39, 0.29) is 23.9 Å². The SMILES string of the molecule is CCN(Cc1ccc(OC2CCNCC2)c(F)c1)C1C=C(OC)C(OC)=CC1[C@@H]1CCc2cc(O)ccc2C1. The summed E-state index contributed by atoms with van der Waals surface area (Å²) in [4.78, 5) is 2.39. The quantitative estimate of drug-likeness (QED) is 0.451. The molecule has 210 valence electrons. The average molecular weight is 537 g/mol. The van der Waals surface area contributed by atoms with Gasteiger partial charge in [-0.2, -0.15) is 0 Å². The minimum atomic E-state index is -0.302. The van der Waals surface area contributed by atoms with Gasteiger partial charge in [0, 0.05) is 18.5 Å². The Hall–Kier alpha value is -3.03. The van der Waals surface area contributed by atoms with Crippen LogP contribution < -0.4 is 10.1 Å². The van der Waals surface area contributed by atoms with Gasteiger partial charge < -0.3 is 24.6 Å². The first-order valence-corrected chi connectivity index (χ1v) is 14.2. The molecule has 3 aliphatic rings. The summed E-state index contributed by atoms with van der Waals surface area (Å²) in [7, 11) is 3.36. The van der Waals surface area contributed by atoms with Crippen LogP contribution in [-0.4, -0.2) is 56.0 Å². The lowest BCUT2D eigenvalue weighted by atomic mass is 9.72. The number of aromatic hydroxyl groups is 1. The molecule has 2 aromatic rings. The zero-order chi connectivity index (χ0) is 27.4. The minimum Gasteiger partial charge on any atom is -0.508 e. The number of piperidine rings is 1. The number of likely N-dealkylation sites (N-methyl/N-ethyl adjacent to an activating group) is 1. The van der Waals surface area contributed by atoms with Crippen LogP contribution in [0.1, 0.15) is 42.9 Å². The van der Waals surface area contributed by atoms with E-state index in [0.717, 1.165) is 68.8 Å². The Bertz CT molecular complexity index is 1210. The number of fused-ring (bicyclic) bond motifs is 1. The molecule has 1 heterocycles. The zero-order valence-corrected chi connectivity index (χ0v) is 23.3. The highest BCUT2D eigenvalue weighted by molar-refractivity contribution is 5.38. The third kappa shape index (κ3) is 6.25. The highest BCUT2D eigenvalue weighted by Gasteiger charge is 2.37. The summed E-state index contributed by atoms with van der Waals surface area (Å²) in [6.07, 6.45) is 9.14. The van der Waals surface area contributed by atoms with Gasteiger partial charge in [-0.25, -0.2) is 4.39 Å². The van der Waals surface area contributed by atoms with Crippen molar-refractivity contribution in [2.45, 2.75) is 57.7 Å². The first-order chi connectivity index (χ1) is 19.0. The van der Waals surface area contributed by atoms with Gasteiger partial charge in [0.15, 0.2) is 23.1 Å². The number of methoxy groups -OCH3 is 2. The topological polar surface area (TPSA) is 63.2 Å². The molecular weight excluding hydrogens is 495 g/mol. The number of benzene rings is 2. The van der Waals surface area contributed by atoms with E-state index < -0.39 is 0 Å². The molecule has 2 aliphatic carbocycles. The Morgan fingerprint density at radius 2 is 1.74 bits per heavy atom. The summed E-state index contributed by atoms with van der Waals surface area (Å²) in [6.45, 7) is 5.38. The molecule has 0 bridgehead atoms. The number of halogens is 1. The maximum atomic E-state index is 15.1. The van der Waals surface area contributed by atoms with Gasteiger partial charge in [0.25, 0.3) is 0 Å². The average Bonchev–Trinajstić information content (AvgIpc) is 2.96. The van der Waals surface area contributed by atoms with Gasteiger partial charge in [-0.15, -0.1) is 0 Å². The van der Waals surface area contributed by atoms with Crippen LogP contribution in [0.25, 0.3) is 0 Å². The second-order valence-electron chi connectivity index (χ2n) is 10.9. The number of nitrogens with one attached hydrogen (secondary N) is 1. The van der Waals surface area contributed by atoms with E-state index in [0.29, 0.717) is 24.0 Å². The first-order valence-electron chi connectivity index (χ1n) is 14.2. The number of phenols is 1. The molecule has 39 heavy (non-hydrogen) atoms. The molecule has 0 radical (unpaired) electrons. The van der Waals surface area contributed by atoms with Gasteiger partial charge >= 0.3 is 0 Å². The Balaban J connectivity index is 1.37. The Labute approximate surface area is 231 Å². The number of phenolic OH excluding ortho intramolecular Hbond substituents is 1. The number of ether oxygens (including phenoxy) is 3. The standard InChI is InChI=1S/C32H41FN2O4/c1-4-35(20-21-5-10-30(28(33)15-21)39-26-11-13-34-14-12-26)29-19-32(38-3)31(37-2)18-27(29)24-7-6-23-17-25(36)9-8-22(23)16-24/h5,8-10,15,17-19,24,26-27,29,34,36H,4,6-7,11-14,16,20H2,1-3H3/t24-,27?,29?/m1/s1. The highest BCUT2D eigenvalue weighted by Crippen LogP contribution is 2.40. The summed E-state index contributed by atoms with van der Waals surface area (Å²) in [5, 5.41) is 13.3. The maximum Gasteiger partial charge on any atom is 0.165 e. The molecule has 6 nitrogen and oxygen atoms in total. The summed E-state index contributed by atoms with van der Waals surface area (Å²) in [5.74, 6) is 2.46. The zero-order valence-electron chi connectivity index (χ0n) is 23.3. The largest absolute Gasteiger partial charge is 0.508 e. The predicted octanol–water partition coefficient (Wildman–Crippen LogP) is 5.35. The van der Waals surface area contributed by atoms with Crippen molar-refractivity contribution in [3.8, 4) is 11.5 Å². The van der Waals surface area contributed by atoms with E-state index in [1.807, 2.05) is 12.1 Å². The Kier molecular flexibility index (Phi) is 8.78. The van der Waals surface area contributed by atoms with Crippen molar-refractivity contribution < 1.29 is 23.7 Å². The van der Waals surface area contributed by atoms with Gasteiger partial charge in [-0.05, 0) is 111 Å². The number of nitrogens with zero attached hydrogens (tertiary/aromatic N) is 1. The van der Waals surface area contributed by atoms with Crippen molar-refractivity contribution in [2.24, 2.45) is 11.8 Å². The molecule has 7 heteroatoms. The number of hydrogen-bond donors (Lipinski definition) is 2. The van der Waals surface area contributed by atoms with Crippen molar-refractivity contribution in [2.75, 3.05) is 33.9 Å². The monoisotopic (exact) mass is 536 g/mol. The van der Waals surface area contributed by atoms with Crippen molar-refractivity contribution in [3.63, 3.8) is 0 Å². The van der Waals surface area contributed by atoms with Crippen LogP contribution in [-0.2, 0) is 28.9 Å². The van der Waals surface area contributed by atoms with Crippen LogP contribution in [0.2, 0.25) is 0 Å². The van der Waals surface area contributed by atoms with Crippen LogP contribution in [0.15, 0.2) is 60.1 Å². The molecular formula is C32H41FN2O4. The fourth-order valence-corrected chi connectivity index (χ4v) is 6.40. The normalized spacial score (nSPS) is 23.6. The van der Waals surface area contributed by atoms with Crippen LogP contribution in [0.4, 0.5) is 4.39 Å². The number of hydrogen-bond acceptors (Lipinski definition) is 6. The smallest absolute Gasteiger partial charge is 0.165 e. The molecule has 1 saturated heterocycles. The lowest BCUT2D eigenvalue weighted by molar-refractivity contribution is 0.132. The van der Waals surface area contributed by atoms with E-state index in [4.69, 9.17) is 14.2 Å². The molecule has 5 rings (SSSR count). The van der Waals surface area contributed by atoms with Crippen molar-refractivity contribution in [1.29, 1.82) is 0 Å². The van der Waals surface area contributed by atoms with Crippen molar-refractivity contribution in [1.82, 2.24) is 10.2 Å². The summed E-state index contributed by atoms with van der Waals surface area (Å²) in [5.41, 5.74) is 3.45. The summed E-state index contributed by atoms with van der Waals surface area (Å²) < 4.78 is 32.5. The van der Waals surface area contributed by atoms with E-state index in [1.54, 1.807) is 32.4 Å². The molecule has 2 N–H and O–H groups in total. The Morgan fingerprint density at radius 1 is 0.974 bits per heavy atom. The summed E-state index contributed by atoms with van der Waals surface area (Å²) >= 11 is 0. The van der Waals surface area contributed by atoms with Crippen LogP contribution in [0, 0.1) is 17.7 Å². The lowest BCUT2D eigenvalue weighted by Gasteiger charge is -2.41. The van der Waals surface area contributed by atoms with E-state index >= 15 is 4.39 Å². The maximum absolute atomic E-state index is 15.1. The van der Waals surface area contributed by atoms with Gasteiger partial charge in [0.1, 0.15) is 11.9 Å². The second-order valence-corrected chi connectivity index (χ2v) is 10.9. The predicted molar refractivity (Wildman–Crippen MR) is 150 cm³/mol. The summed E-state index contributed by atoms with van der Waals surface area (Å²) in [6, 6.07) is 11.2. The first kappa shape index (κ1) is 27.5. The molecule has 2 aromatic carbocycles. The molecule has 1 fully saturated rings. The minimum absolute atomic E-state index is 0.0608. The van der Waals surface area contributed by atoms with Crippen LogP contribution in [0.3, 0.4) is 0 Å².